The van der Waals surface area contributed by atoms with Crippen LogP contribution < -0.4 is 0 Å². The standard InChI is InChI=1S/C11H10O3S/c1-8-2-3-10-7-11(15(12,13)14)5-4-9(10)6-8/h2-7H,1H3,(H,12,13,14)/p-1. The minimum Gasteiger partial charge on any atom is -0.744 e. The van der Waals surface area contributed by atoms with Crippen molar-refractivity contribution in [2.24, 2.45) is 0 Å². The maximum atomic E-state index is 10.8. The van der Waals surface area contributed by atoms with Gasteiger partial charge in [-0.25, -0.2) is 8.42 Å². The van der Waals surface area contributed by atoms with Crippen molar-refractivity contribution in [1.82, 2.24) is 0 Å². The Morgan fingerprint density at radius 3 is 2.27 bits per heavy atom. The van der Waals surface area contributed by atoms with Crippen LogP contribution in [-0.4, -0.2) is 13.0 Å². The van der Waals surface area contributed by atoms with Gasteiger partial charge in [-0.2, -0.15) is 0 Å². The van der Waals surface area contributed by atoms with Crippen LogP contribution in [-0.2, 0) is 10.1 Å². The number of aryl methyl sites for hydroxylation is 1. The van der Waals surface area contributed by atoms with Crippen molar-refractivity contribution in [3.8, 4) is 0 Å². The van der Waals surface area contributed by atoms with Crippen molar-refractivity contribution in [2.45, 2.75) is 11.8 Å². The van der Waals surface area contributed by atoms with Gasteiger partial charge in [0.1, 0.15) is 10.1 Å². The second-order valence-electron chi connectivity index (χ2n) is 3.47. The SMILES string of the molecule is Cc1ccc2cc(S(=O)(=O)[O-])ccc2c1. The lowest BCUT2D eigenvalue weighted by atomic mass is 10.1. The molecule has 0 amide bonds. The van der Waals surface area contributed by atoms with Gasteiger partial charge in [0.25, 0.3) is 0 Å². The van der Waals surface area contributed by atoms with Crippen LogP contribution in [0.15, 0.2) is 41.3 Å². The van der Waals surface area contributed by atoms with Crippen molar-refractivity contribution < 1.29 is 13.0 Å². The van der Waals surface area contributed by atoms with Gasteiger partial charge in [0.05, 0.1) is 4.90 Å². The largest absolute Gasteiger partial charge is 0.744 e. The van der Waals surface area contributed by atoms with Gasteiger partial charge in [-0.1, -0.05) is 29.8 Å². The Labute approximate surface area is 88.1 Å². The topological polar surface area (TPSA) is 57.2 Å². The molecule has 0 heterocycles. The molecule has 0 bridgehead atoms. The predicted octanol–water partition coefficient (Wildman–Crippen LogP) is 2.05. The van der Waals surface area contributed by atoms with Gasteiger partial charge < -0.3 is 4.55 Å². The molecule has 78 valence electrons. The number of rotatable bonds is 1. The quantitative estimate of drug-likeness (QED) is 0.692. The Balaban J connectivity index is 2.73. The molecule has 0 fully saturated rings. The molecule has 0 N–H and O–H groups in total. The van der Waals surface area contributed by atoms with Crippen LogP contribution >= 0.6 is 0 Å². The van der Waals surface area contributed by atoms with Gasteiger partial charge >= 0.3 is 0 Å². The summed E-state index contributed by atoms with van der Waals surface area (Å²) in [4.78, 5) is -0.182. The van der Waals surface area contributed by atoms with E-state index in [1.807, 2.05) is 19.1 Å². The Bertz CT molecular complexity index is 615. The molecule has 0 aliphatic rings. The first-order valence-corrected chi connectivity index (χ1v) is 5.84. The zero-order valence-corrected chi connectivity index (χ0v) is 8.91. The van der Waals surface area contributed by atoms with Crippen molar-refractivity contribution in [1.29, 1.82) is 0 Å². The lowest BCUT2D eigenvalue weighted by Crippen LogP contribution is -1.97. The van der Waals surface area contributed by atoms with Crippen LogP contribution in [0.1, 0.15) is 5.56 Å². The van der Waals surface area contributed by atoms with Crippen LogP contribution in [0.2, 0.25) is 0 Å². The van der Waals surface area contributed by atoms with Gasteiger partial charge in [0.15, 0.2) is 0 Å². The van der Waals surface area contributed by atoms with E-state index in [1.54, 1.807) is 12.1 Å². The second kappa shape index (κ2) is 3.32. The van der Waals surface area contributed by atoms with E-state index in [4.69, 9.17) is 0 Å². The fourth-order valence-corrected chi connectivity index (χ4v) is 2.00. The van der Waals surface area contributed by atoms with Crippen LogP contribution in [0, 0.1) is 6.92 Å². The fourth-order valence-electron chi connectivity index (χ4n) is 1.50. The first kappa shape index (κ1) is 10.1. The fraction of sp³-hybridized carbons (Fsp3) is 0.0909. The summed E-state index contributed by atoms with van der Waals surface area (Å²) in [6, 6.07) is 10.0. The van der Waals surface area contributed by atoms with E-state index in [1.165, 1.54) is 12.1 Å². The maximum Gasteiger partial charge on any atom is 0.124 e. The zero-order valence-electron chi connectivity index (χ0n) is 8.10. The first-order chi connectivity index (χ1) is 6.97. The summed E-state index contributed by atoms with van der Waals surface area (Å²) in [5.74, 6) is 0. The van der Waals surface area contributed by atoms with Gasteiger partial charge in [-0.3, -0.25) is 0 Å². The molecular weight excluding hydrogens is 212 g/mol. The van der Waals surface area contributed by atoms with Gasteiger partial charge in [-0.15, -0.1) is 0 Å². The van der Waals surface area contributed by atoms with E-state index in [2.05, 4.69) is 0 Å². The highest BCUT2D eigenvalue weighted by molar-refractivity contribution is 7.85. The van der Waals surface area contributed by atoms with E-state index in [0.717, 1.165) is 16.3 Å². The molecule has 0 atom stereocenters. The van der Waals surface area contributed by atoms with Crippen LogP contribution in [0.4, 0.5) is 0 Å². The van der Waals surface area contributed by atoms with Crippen LogP contribution in [0.5, 0.6) is 0 Å². The molecule has 0 unspecified atom stereocenters. The molecule has 3 nitrogen and oxygen atoms in total. The number of benzene rings is 2. The minimum absolute atomic E-state index is 0.182. The summed E-state index contributed by atoms with van der Waals surface area (Å²) in [5, 5.41) is 1.69. The van der Waals surface area contributed by atoms with E-state index in [9.17, 15) is 13.0 Å². The molecule has 0 aromatic heterocycles. The van der Waals surface area contributed by atoms with E-state index >= 15 is 0 Å². The molecule has 0 aliphatic carbocycles. The minimum atomic E-state index is -4.35. The molecule has 2 aromatic carbocycles. The molecule has 4 heteroatoms. The summed E-state index contributed by atoms with van der Waals surface area (Å²) in [6.45, 7) is 1.96. The molecule has 15 heavy (non-hydrogen) atoms. The lowest BCUT2D eigenvalue weighted by Gasteiger charge is -2.08. The third kappa shape index (κ3) is 2.00. The van der Waals surface area contributed by atoms with Gasteiger partial charge in [0, 0.05) is 0 Å². The molecule has 0 radical (unpaired) electrons. The van der Waals surface area contributed by atoms with E-state index < -0.39 is 10.1 Å². The predicted molar refractivity (Wildman–Crippen MR) is 56.6 cm³/mol. The normalized spacial score (nSPS) is 11.9. The summed E-state index contributed by atoms with van der Waals surface area (Å²) in [5.41, 5.74) is 1.10. The highest BCUT2D eigenvalue weighted by Gasteiger charge is 2.02. The van der Waals surface area contributed by atoms with E-state index in [-0.39, 0.29) is 4.90 Å². The molecule has 2 rings (SSSR count). The van der Waals surface area contributed by atoms with Crippen molar-refractivity contribution >= 4 is 20.9 Å². The summed E-state index contributed by atoms with van der Waals surface area (Å²) >= 11 is 0. The van der Waals surface area contributed by atoms with Crippen LogP contribution in [0.25, 0.3) is 10.8 Å². The average molecular weight is 221 g/mol. The van der Waals surface area contributed by atoms with Crippen LogP contribution in [0.3, 0.4) is 0 Å². The van der Waals surface area contributed by atoms with Crippen molar-refractivity contribution in [3.63, 3.8) is 0 Å². The molecule has 2 aromatic rings. The zero-order chi connectivity index (χ0) is 11.1. The number of fused-ring (bicyclic) bond motifs is 1. The third-order valence-corrected chi connectivity index (χ3v) is 3.09. The summed E-state index contributed by atoms with van der Waals surface area (Å²) < 4.78 is 32.4. The Kier molecular flexibility index (Phi) is 2.25. The number of hydrogen-bond acceptors (Lipinski definition) is 3. The van der Waals surface area contributed by atoms with Gasteiger partial charge in [0.2, 0.25) is 0 Å². The molecular formula is C11H9O3S-. The van der Waals surface area contributed by atoms with Crippen molar-refractivity contribution in [3.05, 3.63) is 42.0 Å². The number of hydrogen-bond donors (Lipinski definition) is 0. The maximum absolute atomic E-state index is 10.8. The summed E-state index contributed by atoms with van der Waals surface area (Å²) in [6.07, 6.45) is 0. The third-order valence-electron chi connectivity index (χ3n) is 2.26. The van der Waals surface area contributed by atoms with Crippen molar-refractivity contribution in [2.75, 3.05) is 0 Å². The molecule has 0 saturated carbocycles. The second-order valence-corrected chi connectivity index (χ2v) is 4.85. The highest BCUT2D eigenvalue weighted by Crippen LogP contribution is 2.19. The lowest BCUT2D eigenvalue weighted by molar-refractivity contribution is 0.463. The molecule has 0 saturated heterocycles. The average Bonchev–Trinajstić information content (AvgIpc) is 2.15. The Hall–Kier alpha value is -1.39. The smallest absolute Gasteiger partial charge is 0.124 e. The summed E-state index contributed by atoms with van der Waals surface area (Å²) in [7, 11) is -4.35. The highest BCUT2D eigenvalue weighted by atomic mass is 32.2. The molecule has 0 aliphatic heterocycles. The molecule has 0 spiro atoms. The Morgan fingerprint density at radius 2 is 1.60 bits per heavy atom. The van der Waals surface area contributed by atoms with Gasteiger partial charge in [-0.05, 0) is 29.8 Å². The first-order valence-electron chi connectivity index (χ1n) is 4.43. The monoisotopic (exact) mass is 221 g/mol. The Morgan fingerprint density at radius 1 is 1.00 bits per heavy atom. The van der Waals surface area contributed by atoms with E-state index in [0.29, 0.717) is 0 Å².